The van der Waals surface area contributed by atoms with Gasteiger partial charge in [-0.15, -0.1) is 17.9 Å². The fourth-order valence-corrected chi connectivity index (χ4v) is 4.53. The maximum atomic E-state index is 12.5. The molecule has 2 heterocycles. The molecule has 1 aliphatic heterocycles. The second kappa shape index (κ2) is 10.0. The van der Waals surface area contributed by atoms with Gasteiger partial charge in [0, 0.05) is 42.4 Å². The average Bonchev–Trinajstić information content (AvgIpc) is 3.08. The number of halogens is 1. The van der Waals surface area contributed by atoms with Crippen molar-refractivity contribution in [1.82, 2.24) is 4.90 Å². The Morgan fingerprint density at radius 3 is 2.63 bits per heavy atom. The van der Waals surface area contributed by atoms with Gasteiger partial charge >= 0.3 is 0 Å². The number of benzene rings is 1. The van der Waals surface area contributed by atoms with Crippen LogP contribution in [0.1, 0.15) is 4.88 Å². The molecule has 27 heavy (non-hydrogen) atoms. The van der Waals surface area contributed by atoms with Crippen molar-refractivity contribution in [1.29, 1.82) is 0 Å². The smallest absolute Gasteiger partial charge is 0.238 e. The summed E-state index contributed by atoms with van der Waals surface area (Å²) in [5.41, 5.74) is 1.97. The first kappa shape index (κ1) is 20.1. The summed E-state index contributed by atoms with van der Waals surface area (Å²) in [4.78, 5) is 18.0. The molecule has 1 amide bonds. The zero-order valence-electron chi connectivity index (χ0n) is 15.2. The van der Waals surface area contributed by atoms with Gasteiger partial charge in [-0.3, -0.25) is 9.69 Å². The Kier molecular flexibility index (Phi) is 7.46. The summed E-state index contributed by atoms with van der Waals surface area (Å²) < 4.78 is 6.48. The number of thiophene rings is 1. The van der Waals surface area contributed by atoms with Crippen LogP contribution in [0.3, 0.4) is 0 Å². The van der Waals surface area contributed by atoms with Crippen molar-refractivity contribution in [2.24, 2.45) is 0 Å². The first-order chi connectivity index (χ1) is 13.1. The fraction of sp³-hybridized carbons (Fsp3) is 0.350. The maximum Gasteiger partial charge on any atom is 0.238 e. The standard InChI is InChI=1S/C20H24BrN3O2S/c1-2-9-23(14-18-7-8-19(21)27-18)15-20(25)22-16-3-5-17(6-4-16)24-10-12-26-13-11-24/h2-8H,1,9-15H2,(H,22,25). The first-order valence-corrected chi connectivity index (χ1v) is 10.5. The van der Waals surface area contributed by atoms with Crippen LogP contribution in [-0.4, -0.2) is 50.2 Å². The zero-order chi connectivity index (χ0) is 19.1. The van der Waals surface area contributed by atoms with Crippen molar-refractivity contribution in [3.63, 3.8) is 0 Å². The van der Waals surface area contributed by atoms with Gasteiger partial charge in [-0.05, 0) is 52.3 Å². The van der Waals surface area contributed by atoms with Gasteiger partial charge in [0.1, 0.15) is 0 Å². The molecule has 0 bridgehead atoms. The molecule has 0 atom stereocenters. The topological polar surface area (TPSA) is 44.8 Å². The van der Waals surface area contributed by atoms with Gasteiger partial charge < -0.3 is 15.0 Å². The molecule has 0 saturated carbocycles. The SMILES string of the molecule is C=CCN(CC(=O)Nc1ccc(N2CCOCC2)cc1)Cc1ccc(Br)s1. The van der Waals surface area contributed by atoms with E-state index in [1.165, 1.54) is 4.88 Å². The third-order valence-corrected chi connectivity index (χ3v) is 5.90. The normalized spacial score (nSPS) is 14.4. The third kappa shape index (κ3) is 6.17. The van der Waals surface area contributed by atoms with Crippen LogP contribution in [0.4, 0.5) is 11.4 Å². The van der Waals surface area contributed by atoms with Crippen LogP contribution in [0.15, 0.2) is 52.8 Å². The van der Waals surface area contributed by atoms with Gasteiger partial charge in [-0.2, -0.15) is 0 Å². The van der Waals surface area contributed by atoms with E-state index in [1.807, 2.05) is 36.4 Å². The minimum absolute atomic E-state index is 0.0217. The molecule has 0 radical (unpaired) electrons. The molecule has 1 aromatic carbocycles. The highest BCUT2D eigenvalue weighted by Crippen LogP contribution is 2.23. The summed E-state index contributed by atoms with van der Waals surface area (Å²) in [6, 6.07) is 12.1. The molecule has 0 aliphatic carbocycles. The molecule has 1 saturated heterocycles. The number of ether oxygens (including phenoxy) is 1. The van der Waals surface area contributed by atoms with E-state index >= 15 is 0 Å². The molecule has 2 aromatic rings. The van der Waals surface area contributed by atoms with Crippen LogP contribution in [-0.2, 0) is 16.1 Å². The van der Waals surface area contributed by atoms with Crippen molar-refractivity contribution in [2.75, 3.05) is 49.6 Å². The van der Waals surface area contributed by atoms with Crippen LogP contribution in [0, 0.1) is 0 Å². The lowest BCUT2D eigenvalue weighted by atomic mass is 10.2. The molecular weight excluding hydrogens is 426 g/mol. The number of nitrogens with one attached hydrogen (secondary N) is 1. The molecule has 0 unspecified atom stereocenters. The summed E-state index contributed by atoms with van der Waals surface area (Å²) >= 11 is 5.16. The fourth-order valence-electron chi connectivity index (χ4n) is 3.01. The summed E-state index contributed by atoms with van der Waals surface area (Å²) in [7, 11) is 0. The van der Waals surface area contributed by atoms with E-state index in [4.69, 9.17) is 4.74 Å². The van der Waals surface area contributed by atoms with E-state index in [9.17, 15) is 4.79 Å². The number of rotatable bonds is 8. The highest BCUT2D eigenvalue weighted by molar-refractivity contribution is 9.11. The molecule has 3 rings (SSSR count). The predicted molar refractivity (Wildman–Crippen MR) is 116 cm³/mol. The zero-order valence-corrected chi connectivity index (χ0v) is 17.6. The first-order valence-electron chi connectivity index (χ1n) is 8.94. The quantitative estimate of drug-likeness (QED) is 0.619. The van der Waals surface area contributed by atoms with E-state index in [0.717, 1.165) is 48.0 Å². The second-order valence-electron chi connectivity index (χ2n) is 6.36. The summed E-state index contributed by atoms with van der Waals surface area (Å²) in [6.07, 6.45) is 1.83. The molecule has 5 nitrogen and oxygen atoms in total. The number of morpholine rings is 1. The maximum absolute atomic E-state index is 12.5. The number of amides is 1. The van der Waals surface area contributed by atoms with E-state index in [2.05, 4.69) is 43.7 Å². The van der Waals surface area contributed by atoms with Gasteiger partial charge in [0.05, 0.1) is 23.5 Å². The van der Waals surface area contributed by atoms with Crippen molar-refractivity contribution < 1.29 is 9.53 Å². The Bertz CT molecular complexity index is 757. The molecule has 1 aliphatic rings. The van der Waals surface area contributed by atoms with Crippen LogP contribution < -0.4 is 10.2 Å². The monoisotopic (exact) mass is 449 g/mol. The Morgan fingerprint density at radius 1 is 1.26 bits per heavy atom. The minimum Gasteiger partial charge on any atom is -0.378 e. The lowest BCUT2D eigenvalue weighted by Gasteiger charge is -2.29. The molecule has 1 fully saturated rings. The summed E-state index contributed by atoms with van der Waals surface area (Å²) in [5, 5.41) is 2.99. The number of anilines is 2. The lowest BCUT2D eigenvalue weighted by Crippen LogP contribution is -2.36. The lowest BCUT2D eigenvalue weighted by molar-refractivity contribution is -0.117. The molecule has 1 aromatic heterocycles. The summed E-state index contributed by atoms with van der Waals surface area (Å²) in [6.45, 7) is 8.85. The molecule has 144 valence electrons. The van der Waals surface area contributed by atoms with Gasteiger partial charge in [-0.25, -0.2) is 0 Å². The van der Waals surface area contributed by atoms with Crippen LogP contribution in [0.2, 0.25) is 0 Å². The van der Waals surface area contributed by atoms with Crippen molar-refractivity contribution in [3.05, 3.63) is 57.7 Å². The Balaban J connectivity index is 1.54. The van der Waals surface area contributed by atoms with Crippen molar-refractivity contribution in [3.8, 4) is 0 Å². The van der Waals surface area contributed by atoms with E-state index < -0.39 is 0 Å². The second-order valence-corrected chi connectivity index (χ2v) is 8.91. The number of carbonyl (C=O) groups is 1. The Hall–Kier alpha value is -1.67. The number of nitrogens with zero attached hydrogens (tertiary/aromatic N) is 2. The van der Waals surface area contributed by atoms with E-state index in [-0.39, 0.29) is 5.91 Å². The van der Waals surface area contributed by atoms with Crippen LogP contribution >= 0.6 is 27.3 Å². The van der Waals surface area contributed by atoms with E-state index in [0.29, 0.717) is 13.1 Å². The van der Waals surface area contributed by atoms with Gasteiger partial charge in [0.15, 0.2) is 0 Å². The molecule has 1 N–H and O–H groups in total. The van der Waals surface area contributed by atoms with Gasteiger partial charge in [-0.1, -0.05) is 6.08 Å². The molecule has 7 heteroatoms. The van der Waals surface area contributed by atoms with Crippen LogP contribution in [0.5, 0.6) is 0 Å². The average molecular weight is 450 g/mol. The largest absolute Gasteiger partial charge is 0.378 e. The van der Waals surface area contributed by atoms with Gasteiger partial charge in [0.2, 0.25) is 5.91 Å². The number of hydrogen-bond donors (Lipinski definition) is 1. The highest BCUT2D eigenvalue weighted by atomic mass is 79.9. The van der Waals surface area contributed by atoms with Crippen LogP contribution in [0.25, 0.3) is 0 Å². The van der Waals surface area contributed by atoms with Gasteiger partial charge in [0.25, 0.3) is 0 Å². The summed E-state index contributed by atoms with van der Waals surface area (Å²) in [5.74, 6) is -0.0217. The number of hydrogen-bond acceptors (Lipinski definition) is 5. The Labute approximate surface area is 172 Å². The third-order valence-electron chi connectivity index (χ3n) is 4.29. The highest BCUT2D eigenvalue weighted by Gasteiger charge is 2.13. The van der Waals surface area contributed by atoms with Crippen molar-refractivity contribution >= 4 is 44.5 Å². The predicted octanol–water partition coefficient (Wildman–Crippen LogP) is 3.97. The molecule has 0 spiro atoms. The van der Waals surface area contributed by atoms with E-state index in [1.54, 1.807) is 11.3 Å². The number of carbonyl (C=O) groups excluding carboxylic acids is 1. The molecular formula is C20H24BrN3O2S. The Morgan fingerprint density at radius 2 is 2.00 bits per heavy atom. The van der Waals surface area contributed by atoms with Crippen molar-refractivity contribution in [2.45, 2.75) is 6.54 Å². The minimum atomic E-state index is -0.0217.